The summed E-state index contributed by atoms with van der Waals surface area (Å²) in [6.07, 6.45) is -3.71. The first-order chi connectivity index (χ1) is 17.4. The Balaban J connectivity index is 1.34. The molecule has 2 amide bonds. The fourth-order valence-corrected chi connectivity index (χ4v) is 4.37. The highest BCUT2D eigenvalue weighted by atomic mass is 16.5. The molecule has 0 saturated heterocycles. The quantitative estimate of drug-likeness (QED) is 0.310. The summed E-state index contributed by atoms with van der Waals surface area (Å²) in [4.78, 5) is 35.4. The number of fused-ring (bicyclic) bond motifs is 3. The van der Waals surface area contributed by atoms with Gasteiger partial charge in [-0.2, -0.15) is 0 Å². The van der Waals surface area contributed by atoms with Gasteiger partial charge >= 0.3 is 12.1 Å². The molecule has 1 aliphatic rings. The van der Waals surface area contributed by atoms with Crippen molar-refractivity contribution in [3.8, 4) is 11.1 Å². The molecule has 0 spiro atoms. The average molecular weight is 491 g/mol. The minimum atomic E-state index is -1.51. The number of rotatable bonds is 9. The zero-order chi connectivity index (χ0) is 25.7. The number of hydrogen-bond acceptors (Lipinski definition) is 6. The van der Waals surface area contributed by atoms with Crippen LogP contribution in [0.2, 0.25) is 0 Å². The van der Waals surface area contributed by atoms with Gasteiger partial charge < -0.3 is 30.7 Å². The summed E-state index contributed by atoms with van der Waals surface area (Å²) in [5.41, 5.74) is 4.46. The van der Waals surface area contributed by atoms with Crippen LogP contribution in [0.5, 0.6) is 0 Å². The molecule has 0 aliphatic heterocycles. The van der Waals surface area contributed by atoms with Gasteiger partial charge in [0.1, 0.15) is 25.4 Å². The van der Waals surface area contributed by atoms with Crippen LogP contribution in [-0.4, -0.2) is 59.1 Å². The predicted molar refractivity (Wildman–Crippen MR) is 130 cm³/mol. The lowest BCUT2D eigenvalue weighted by Crippen LogP contribution is -2.37. The van der Waals surface area contributed by atoms with E-state index in [1.54, 1.807) is 12.1 Å². The summed E-state index contributed by atoms with van der Waals surface area (Å²) in [5.74, 6) is -2.03. The van der Waals surface area contributed by atoms with E-state index in [9.17, 15) is 24.6 Å². The van der Waals surface area contributed by atoms with Crippen molar-refractivity contribution in [2.24, 2.45) is 0 Å². The van der Waals surface area contributed by atoms with Crippen LogP contribution < -0.4 is 10.6 Å². The zero-order valence-electron chi connectivity index (χ0n) is 19.3. The third-order valence-corrected chi connectivity index (χ3v) is 6.09. The van der Waals surface area contributed by atoms with Crippen LogP contribution in [0.3, 0.4) is 0 Å². The molecule has 2 atom stereocenters. The number of aliphatic hydroxyl groups is 2. The fraction of sp³-hybridized carbons (Fsp3) is 0.222. The second-order valence-electron chi connectivity index (χ2n) is 8.38. The highest BCUT2D eigenvalue weighted by Crippen LogP contribution is 2.44. The number of aliphatic hydroxyl groups excluding tert-OH is 2. The molecular weight excluding hydrogens is 464 g/mol. The van der Waals surface area contributed by atoms with E-state index in [1.807, 2.05) is 48.5 Å². The van der Waals surface area contributed by atoms with Crippen molar-refractivity contribution in [3.63, 3.8) is 0 Å². The number of benzene rings is 3. The van der Waals surface area contributed by atoms with Crippen molar-refractivity contribution >= 4 is 18.0 Å². The topological polar surface area (TPSA) is 145 Å². The maximum atomic E-state index is 12.4. The van der Waals surface area contributed by atoms with E-state index in [2.05, 4.69) is 10.6 Å². The summed E-state index contributed by atoms with van der Waals surface area (Å²) in [6.45, 7) is -0.816. The third kappa shape index (κ3) is 5.37. The molecule has 186 valence electrons. The van der Waals surface area contributed by atoms with Gasteiger partial charge in [0.25, 0.3) is 5.91 Å². The maximum absolute atomic E-state index is 12.4. The molecule has 36 heavy (non-hydrogen) atoms. The van der Waals surface area contributed by atoms with Gasteiger partial charge in [0.15, 0.2) is 0 Å². The molecule has 0 bridgehead atoms. The molecule has 3 aromatic rings. The lowest BCUT2D eigenvalue weighted by Gasteiger charge is -2.21. The summed E-state index contributed by atoms with van der Waals surface area (Å²) in [7, 11) is 0. The fourth-order valence-electron chi connectivity index (χ4n) is 4.37. The molecule has 0 fully saturated rings. The van der Waals surface area contributed by atoms with Gasteiger partial charge in [0, 0.05) is 18.0 Å². The van der Waals surface area contributed by atoms with Crippen molar-refractivity contribution in [2.45, 2.75) is 18.1 Å². The van der Waals surface area contributed by atoms with E-state index in [-0.39, 0.29) is 30.2 Å². The molecule has 1 aliphatic carbocycles. The predicted octanol–water partition coefficient (Wildman–Crippen LogP) is 2.43. The van der Waals surface area contributed by atoms with E-state index < -0.39 is 36.7 Å². The van der Waals surface area contributed by atoms with Crippen LogP contribution >= 0.6 is 0 Å². The van der Waals surface area contributed by atoms with Gasteiger partial charge in [-0.05, 0) is 33.9 Å². The molecule has 0 heterocycles. The minimum Gasteiger partial charge on any atom is -0.480 e. The first kappa shape index (κ1) is 24.9. The largest absolute Gasteiger partial charge is 0.480 e. The van der Waals surface area contributed by atoms with Gasteiger partial charge in [-0.3, -0.25) is 9.59 Å². The first-order valence-electron chi connectivity index (χ1n) is 11.4. The van der Waals surface area contributed by atoms with Crippen LogP contribution in [0.1, 0.15) is 39.1 Å². The minimum absolute atomic E-state index is 0.0199. The summed E-state index contributed by atoms with van der Waals surface area (Å²) < 4.78 is 5.43. The second-order valence-corrected chi connectivity index (χ2v) is 8.38. The number of ether oxygens (including phenoxy) is 1. The van der Waals surface area contributed by atoms with Gasteiger partial charge in [-0.1, -0.05) is 66.7 Å². The standard InChI is InChI=1S/C27H26N2O7/c30-23(25(33)20-11-5-6-12-21(20)26(34)28-14-24(31)32)13-29-27(35)36-15-22-18-9-3-1-7-16(18)17-8-2-4-10-19(17)22/h1-12,22-23,25,30,33H,13-15H2,(H,28,34)(H,29,35)(H,31,32). The number of amides is 2. The molecule has 4 rings (SSSR count). The van der Waals surface area contributed by atoms with Crippen LogP contribution in [0.15, 0.2) is 72.8 Å². The molecule has 5 N–H and O–H groups in total. The molecule has 9 heteroatoms. The molecular formula is C27H26N2O7. The van der Waals surface area contributed by atoms with Crippen LogP contribution in [0, 0.1) is 0 Å². The Kier molecular flexibility index (Phi) is 7.62. The molecule has 2 unspecified atom stereocenters. The van der Waals surface area contributed by atoms with E-state index in [0.717, 1.165) is 22.3 Å². The normalized spacial score (nSPS) is 13.7. The number of carbonyl (C=O) groups is 3. The number of aliphatic carboxylic acids is 1. The number of hydrogen-bond donors (Lipinski definition) is 5. The highest BCUT2D eigenvalue weighted by Gasteiger charge is 2.29. The van der Waals surface area contributed by atoms with E-state index in [1.165, 1.54) is 12.1 Å². The lowest BCUT2D eigenvalue weighted by molar-refractivity contribution is -0.135. The second kappa shape index (κ2) is 11.0. The monoisotopic (exact) mass is 490 g/mol. The van der Waals surface area contributed by atoms with Gasteiger partial charge in [0.2, 0.25) is 0 Å². The van der Waals surface area contributed by atoms with E-state index in [4.69, 9.17) is 9.84 Å². The van der Waals surface area contributed by atoms with Crippen LogP contribution in [0.4, 0.5) is 4.79 Å². The third-order valence-electron chi connectivity index (χ3n) is 6.09. The molecule has 9 nitrogen and oxygen atoms in total. The van der Waals surface area contributed by atoms with Gasteiger partial charge in [-0.25, -0.2) is 4.79 Å². The van der Waals surface area contributed by atoms with Gasteiger partial charge in [0.05, 0.1) is 0 Å². The van der Waals surface area contributed by atoms with E-state index >= 15 is 0 Å². The zero-order valence-corrected chi connectivity index (χ0v) is 19.3. The Labute approximate surface area is 207 Å². The number of carbonyl (C=O) groups excluding carboxylic acids is 2. The Hall–Kier alpha value is -4.21. The summed E-state index contributed by atoms with van der Waals surface area (Å²) in [6, 6.07) is 21.8. The Morgan fingerprint density at radius 1 is 0.833 bits per heavy atom. The van der Waals surface area contributed by atoms with Crippen molar-refractivity contribution in [3.05, 3.63) is 95.1 Å². The Bertz CT molecular complexity index is 1230. The Morgan fingerprint density at radius 3 is 2.06 bits per heavy atom. The van der Waals surface area contributed by atoms with Crippen molar-refractivity contribution in [1.29, 1.82) is 0 Å². The first-order valence-corrected chi connectivity index (χ1v) is 11.4. The van der Waals surface area contributed by atoms with Crippen molar-refractivity contribution in [1.82, 2.24) is 10.6 Å². The smallest absolute Gasteiger partial charge is 0.407 e. The van der Waals surface area contributed by atoms with E-state index in [0.29, 0.717) is 0 Å². The van der Waals surface area contributed by atoms with Crippen molar-refractivity contribution < 1.29 is 34.4 Å². The number of carboxylic acid groups (broad SMARTS) is 1. The summed E-state index contributed by atoms with van der Waals surface area (Å²) >= 11 is 0. The molecule has 0 aromatic heterocycles. The van der Waals surface area contributed by atoms with Crippen LogP contribution in [0.25, 0.3) is 11.1 Å². The van der Waals surface area contributed by atoms with Gasteiger partial charge in [-0.15, -0.1) is 0 Å². The SMILES string of the molecule is O=C(O)CNC(=O)c1ccccc1C(O)C(O)CNC(=O)OCC1c2ccccc2-c2ccccc21. The van der Waals surface area contributed by atoms with Crippen LogP contribution in [-0.2, 0) is 9.53 Å². The summed E-state index contributed by atoms with van der Waals surface area (Å²) in [5, 5.41) is 34.4. The molecule has 3 aromatic carbocycles. The number of nitrogens with one attached hydrogen (secondary N) is 2. The average Bonchev–Trinajstić information content (AvgIpc) is 3.22. The molecule has 0 radical (unpaired) electrons. The lowest BCUT2D eigenvalue weighted by atomic mass is 9.98. The van der Waals surface area contributed by atoms with Crippen molar-refractivity contribution in [2.75, 3.05) is 19.7 Å². The number of carboxylic acids is 1. The Morgan fingerprint density at radius 2 is 1.42 bits per heavy atom. The maximum Gasteiger partial charge on any atom is 0.407 e. The highest BCUT2D eigenvalue weighted by molar-refractivity contribution is 5.97. The number of alkyl carbamates (subject to hydrolysis) is 1. The molecule has 0 saturated carbocycles.